The van der Waals surface area contributed by atoms with Crippen LogP contribution in [0.4, 0.5) is 0 Å². The molecule has 0 amide bonds. The van der Waals surface area contributed by atoms with Crippen LogP contribution >= 0.6 is 19.2 Å². The molecule has 0 saturated carbocycles. The summed E-state index contributed by atoms with van der Waals surface area (Å²) in [6.07, 6.45) is 21.8. The van der Waals surface area contributed by atoms with E-state index in [0.717, 1.165) is 24.2 Å². The highest BCUT2D eigenvalue weighted by atomic mass is 32.1. The molecule has 0 aromatic carbocycles. The molecule has 1 aliphatic rings. The summed E-state index contributed by atoms with van der Waals surface area (Å²) in [5.74, 6) is 0. The fourth-order valence-corrected chi connectivity index (χ4v) is 5.71. The minimum Gasteiger partial charge on any atom is -0.350 e. The number of unbranched alkanes of at least 4 members (excludes halogenated alkanes) is 14. The lowest BCUT2D eigenvalue weighted by atomic mass is 10.0. The second kappa shape index (κ2) is 19.5. The van der Waals surface area contributed by atoms with Gasteiger partial charge in [-0.3, -0.25) is 13.8 Å². The number of ether oxygens (including phenoxy) is 2. The van der Waals surface area contributed by atoms with E-state index in [2.05, 4.69) is 6.92 Å². The maximum atomic E-state index is 12.0. The van der Waals surface area contributed by atoms with Gasteiger partial charge >= 0.3 is 12.7 Å². The van der Waals surface area contributed by atoms with Crippen LogP contribution in [0.5, 0.6) is 0 Å². The fraction of sp³-hybridized carbons (Fsp3) is 0.885. The maximum absolute atomic E-state index is 12.0. The number of aromatic nitrogens is 1. The Kier molecular flexibility index (Phi) is 17.2. The number of nitrogens with zero attached hydrogens (tertiary/aromatic N) is 1. The van der Waals surface area contributed by atoms with Crippen molar-refractivity contribution in [3.63, 3.8) is 0 Å². The van der Waals surface area contributed by atoms with E-state index < -0.39 is 7.82 Å². The maximum Gasteiger partial charge on any atom is 0.472 e. The number of phosphoric ester groups is 1. The largest absolute Gasteiger partial charge is 0.472 e. The van der Waals surface area contributed by atoms with Crippen LogP contribution in [0.2, 0.25) is 0 Å². The second-order valence-corrected chi connectivity index (χ2v) is 12.0. The number of phosphoric acid groups is 1. The van der Waals surface area contributed by atoms with Gasteiger partial charge in [0.15, 0.2) is 6.29 Å². The molecular weight excluding hydrogens is 501 g/mol. The van der Waals surface area contributed by atoms with Gasteiger partial charge in [0, 0.05) is 11.6 Å². The summed E-state index contributed by atoms with van der Waals surface area (Å²) < 4.78 is 34.8. The van der Waals surface area contributed by atoms with E-state index in [1.807, 2.05) is 0 Å². The molecule has 1 N–H and O–H groups in total. The minimum absolute atomic E-state index is 0.0679. The van der Waals surface area contributed by atoms with Crippen LogP contribution in [-0.2, 0) is 29.6 Å². The molecule has 1 aromatic rings. The van der Waals surface area contributed by atoms with Gasteiger partial charge in [-0.2, -0.15) is 0 Å². The van der Waals surface area contributed by atoms with Crippen molar-refractivity contribution in [1.82, 2.24) is 4.57 Å². The molecule has 210 valence electrons. The Morgan fingerprint density at radius 3 is 2.11 bits per heavy atom. The van der Waals surface area contributed by atoms with Crippen LogP contribution in [0, 0.1) is 0 Å². The van der Waals surface area contributed by atoms with Gasteiger partial charge in [0.05, 0.1) is 26.4 Å². The van der Waals surface area contributed by atoms with Crippen LogP contribution in [0.25, 0.3) is 0 Å². The van der Waals surface area contributed by atoms with Crippen molar-refractivity contribution in [3.05, 3.63) is 21.2 Å². The minimum atomic E-state index is -4.20. The Morgan fingerprint density at radius 2 is 1.56 bits per heavy atom. The molecular formula is C26H48NO7PS. The van der Waals surface area contributed by atoms with Crippen molar-refractivity contribution in [3.8, 4) is 0 Å². The van der Waals surface area contributed by atoms with E-state index in [0.29, 0.717) is 6.61 Å². The predicted molar refractivity (Wildman–Crippen MR) is 144 cm³/mol. The summed E-state index contributed by atoms with van der Waals surface area (Å²) in [5.41, 5.74) is 0. The van der Waals surface area contributed by atoms with Crippen LogP contribution < -0.4 is 4.87 Å². The Hall–Kier alpha value is -0.540. The van der Waals surface area contributed by atoms with E-state index in [-0.39, 0.29) is 37.0 Å². The molecule has 0 radical (unpaired) electrons. The summed E-state index contributed by atoms with van der Waals surface area (Å²) in [7, 11) is -4.20. The molecule has 0 bridgehead atoms. The van der Waals surface area contributed by atoms with Crippen molar-refractivity contribution < 1.29 is 28.0 Å². The zero-order valence-corrected chi connectivity index (χ0v) is 23.9. The summed E-state index contributed by atoms with van der Waals surface area (Å²) >= 11 is 1.06. The standard InChI is InChI=1S/C26H48NO7PS/c1-2-3-4-5-6-7-8-9-10-11-12-13-14-15-16-17-25-31-22-24(34-25)23-33-35(29,30)32-20-18-27-19-21-36-26(27)28/h19,21,24-25H,2-18,20,22-23H2,1H3,(H,29,30). The molecule has 36 heavy (non-hydrogen) atoms. The Bertz CT molecular complexity index is 771. The van der Waals surface area contributed by atoms with E-state index in [9.17, 15) is 14.3 Å². The average molecular weight is 550 g/mol. The topological polar surface area (TPSA) is 96.2 Å². The van der Waals surface area contributed by atoms with Gasteiger partial charge in [0.25, 0.3) is 0 Å². The lowest BCUT2D eigenvalue weighted by Crippen LogP contribution is -2.19. The van der Waals surface area contributed by atoms with Crippen molar-refractivity contribution in [2.75, 3.05) is 19.8 Å². The Balaban J connectivity index is 1.37. The summed E-state index contributed by atoms with van der Waals surface area (Å²) in [4.78, 5) is 21.1. The fourth-order valence-electron chi connectivity index (χ4n) is 4.35. The quantitative estimate of drug-likeness (QED) is 0.115. The van der Waals surface area contributed by atoms with Gasteiger partial charge in [0.1, 0.15) is 6.10 Å². The molecule has 1 aromatic heterocycles. The smallest absolute Gasteiger partial charge is 0.350 e. The summed E-state index contributed by atoms with van der Waals surface area (Å²) in [6, 6.07) is 0. The van der Waals surface area contributed by atoms with Gasteiger partial charge in [-0.15, -0.1) is 0 Å². The third-order valence-electron chi connectivity index (χ3n) is 6.51. The van der Waals surface area contributed by atoms with Crippen LogP contribution in [0.15, 0.2) is 16.4 Å². The Labute approximate surface area is 221 Å². The monoisotopic (exact) mass is 549 g/mol. The van der Waals surface area contributed by atoms with E-state index >= 15 is 0 Å². The number of thiazole rings is 1. The molecule has 1 saturated heterocycles. The van der Waals surface area contributed by atoms with Crippen molar-refractivity contribution in [2.45, 2.75) is 129 Å². The van der Waals surface area contributed by atoms with Crippen molar-refractivity contribution >= 4 is 19.2 Å². The first kappa shape index (κ1) is 31.7. The van der Waals surface area contributed by atoms with E-state index in [4.69, 9.17) is 18.5 Å². The molecule has 8 nitrogen and oxygen atoms in total. The van der Waals surface area contributed by atoms with Gasteiger partial charge in [-0.25, -0.2) is 4.57 Å². The first-order chi connectivity index (χ1) is 17.5. The highest BCUT2D eigenvalue weighted by Crippen LogP contribution is 2.43. The van der Waals surface area contributed by atoms with Crippen molar-refractivity contribution in [1.29, 1.82) is 0 Å². The molecule has 2 rings (SSSR count). The highest BCUT2D eigenvalue weighted by Gasteiger charge is 2.29. The lowest BCUT2D eigenvalue weighted by molar-refractivity contribution is -0.0702. The zero-order valence-electron chi connectivity index (χ0n) is 22.2. The molecule has 1 aliphatic heterocycles. The van der Waals surface area contributed by atoms with E-state index in [1.165, 1.54) is 94.5 Å². The molecule has 1 fully saturated rings. The van der Waals surface area contributed by atoms with Gasteiger partial charge < -0.3 is 18.9 Å². The Morgan fingerprint density at radius 1 is 0.972 bits per heavy atom. The lowest BCUT2D eigenvalue weighted by Gasteiger charge is -2.15. The third kappa shape index (κ3) is 15.0. The van der Waals surface area contributed by atoms with Crippen LogP contribution in [0.1, 0.15) is 110 Å². The number of hydrogen-bond acceptors (Lipinski definition) is 7. The zero-order chi connectivity index (χ0) is 25.9. The second-order valence-electron chi connectivity index (χ2n) is 9.72. The SMILES string of the molecule is CCCCCCCCCCCCCCCCCC1OCC(COP(=O)(O)OCCn2ccsc2=O)O1. The first-order valence-corrected chi connectivity index (χ1v) is 16.4. The van der Waals surface area contributed by atoms with Crippen LogP contribution in [0.3, 0.4) is 0 Å². The van der Waals surface area contributed by atoms with Gasteiger partial charge in [0.2, 0.25) is 0 Å². The van der Waals surface area contributed by atoms with Crippen molar-refractivity contribution in [2.24, 2.45) is 0 Å². The summed E-state index contributed by atoms with van der Waals surface area (Å²) in [5, 5.41) is 1.66. The van der Waals surface area contributed by atoms with Crippen LogP contribution in [-0.4, -0.2) is 41.7 Å². The first-order valence-electron chi connectivity index (χ1n) is 14.0. The molecule has 2 heterocycles. The molecule has 3 unspecified atom stereocenters. The van der Waals surface area contributed by atoms with Gasteiger partial charge in [-0.1, -0.05) is 108 Å². The van der Waals surface area contributed by atoms with E-state index in [1.54, 1.807) is 11.6 Å². The number of rotatable bonds is 23. The summed E-state index contributed by atoms with van der Waals surface area (Å²) in [6.45, 7) is 2.65. The molecule has 10 heteroatoms. The molecule has 3 atom stereocenters. The third-order valence-corrected chi connectivity index (χ3v) is 8.19. The number of hydrogen-bond donors (Lipinski definition) is 1. The average Bonchev–Trinajstić information content (AvgIpc) is 3.49. The normalized spacial score (nSPS) is 19.6. The highest BCUT2D eigenvalue weighted by molar-refractivity contribution is 7.47. The molecule has 0 spiro atoms. The molecule has 0 aliphatic carbocycles. The predicted octanol–water partition coefficient (Wildman–Crippen LogP) is 7.05. The van der Waals surface area contributed by atoms with Gasteiger partial charge in [-0.05, 0) is 12.8 Å².